The minimum atomic E-state index is -0.125. The number of fused-ring (bicyclic) bond motifs is 1. The van der Waals surface area contributed by atoms with Crippen LogP contribution >= 0.6 is 0 Å². The molecule has 1 aliphatic heterocycles. The van der Waals surface area contributed by atoms with Crippen LogP contribution in [0.2, 0.25) is 0 Å². The number of nitrogens with one attached hydrogen (secondary N) is 2. The summed E-state index contributed by atoms with van der Waals surface area (Å²) in [5.74, 6) is 0.274. The number of amides is 2. The third-order valence-corrected chi connectivity index (χ3v) is 5.84. The highest BCUT2D eigenvalue weighted by Gasteiger charge is 2.25. The number of nitrogens with zero attached hydrogens (tertiary/aromatic N) is 3. The Bertz CT molecular complexity index is 1030. The number of hydrogen-bond donors (Lipinski definition) is 2. The topological polar surface area (TPSA) is 88.9 Å². The molecular formula is C24H27N5O2. The Morgan fingerprint density at radius 2 is 1.94 bits per heavy atom. The summed E-state index contributed by atoms with van der Waals surface area (Å²) in [6.45, 7) is 3.98. The van der Waals surface area contributed by atoms with Gasteiger partial charge in [0.1, 0.15) is 0 Å². The molecule has 0 aliphatic carbocycles. The van der Waals surface area contributed by atoms with Crippen molar-refractivity contribution in [3.8, 4) is 0 Å². The van der Waals surface area contributed by atoms with Gasteiger partial charge in [-0.3, -0.25) is 19.3 Å². The molecule has 0 fully saturated rings. The molecule has 2 amide bonds. The van der Waals surface area contributed by atoms with Gasteiger partial charge in [0.15, 0.2) is 0 Å². The lowest BCUT2D eigenvalue weighted by atomic mass is 9.94. The van der Waals surface area contributed by atoms with Gasteiger partial charge in [-0.2, -0.15) is 5.10 Å². The first kappa shape index (κ1) is 20.8. The van der Waals surface area contributed by atoms with Gasteiger partial charge in [-0.15, -0.1) is 0 Å². The van der Waals surface area contributed by atoms with E-state index < -0.39 is 0 Å². The van der Waals surface area contributed by atoms with Crippen molar-refractivity contribution in [3.05, 3.63) is 83.4 Å². The molecule has 0 bridgehead atoms. The van der Waals surface area contributed by atoms with Crippen molar-refractivity contribution < 1.29 is 9.59 Å². The summed E-state index contributed by atoms with van der Waals surface area (Å²) in [6, 6.07) is 13.6. The predicted octanol–water partition coefficient (Wildman–Crippen LogP) is 2.80. The van der Waals surface area contributed by atoms with Crippen LogP contribution < -0.4 is 10.6 Å². The number of carbonyl (C=O) groups is 2. The van der Waals surface area contributed by atoms with Gasteiger partial charge < -0.3 is 10.6 Å². The number of aromatic nitrogens is 3. The number of rotatable bonds is 7. The van der Waals surface area contributed by atoms with Crippen LogP contribution in [0.15, 0.2) is 61.1 Å². The second-order valence-electron chi connectivity index (χ2n) is 8.06. The minimum Gasteiger partial charge on any atom is -0.352 e. The second-order valence-corrected chi connectivity index (χ2v) is 8.06. The molecule has 0 unspecified atom stereocenters. The molecule has 2 aromatic heterocycles. The van der Waals surface area contributed by atoms with Gasteiger partial charge in [-0.25, -0.2) is 0 Å². The third-order valence-electron chi connectivity index (χ3n) is 5.84. The summed E-state index contributed by atoms with van der Waals surface area (Å²) in [5, 5.41) is 10.4. The number of hydrogen-bond acceptors (Lipinski definition) is 4. The fourth-order valence-electron chi connectivity index (χ4n) is 3.94. The van der Waals surface area contributed by atoms with E-state index in [2.05, 4.69) is 39.8 Å². The Morgan fingerprint density at radius 3 is 2.71 bits per heavy atom. The van der Waals surface area contributed by atoms with Gasteiger partial charge in [-0.1, -0.05) is 37.3 Å². The normalized spacial score (nSPS) is 16.2. The molecule has 0 saturated carbocycles. The summed E-state index contributed by atoms with van der Waals surface area (Å²) in [5.41, 5.74) is 3.32. The van der Waals surface area contributed by atoms with Crippen LogP contribution in [0.4, 0.5) is 0 Å². The van der Waals surface area contributed by atoms with Crippen LogP contribution in [-0.2, 0) is 13.0 Å². The molecule has 31 heavy (non-hydrogen) atoms. The number of aryl methyl sites for hydroxylation is 1. The van der Waals surface area contributed by atoms with Crippen molar-refractivity contribution in [1.29, 1.82) is 0 Å². The maximum atomic E-state index is 12.8. The molecule has 0 saturated heterocycles. The van der Waals surface area contributed by atoms with Gasteiger partial charge in [0.2, 0.25) is 0 Å². The van der Waals surface area contributed by atoms with Gasteiger partial charge >= 0.3 is 0 Å². The Hall–Kier alpha value is -3.48. The van der Waals surface area contributed by atoms with E-state index in [0.717, 1.165) is 18.7 Å². The second kappa shape index (κ2) is 9.55. The SMILES string of the molecule is C[C@@H](CNC(=O)c1cnn2c1C[C@@H](CNC(=O)c1cccnc1)CC2)c1ccccc1. The highest BCUT2D eigenvalue weighted by Crippen LogP contribution is 2.23. The first-order chi connectivity index (χ1) is 15.1. The fraction of sp³-hybridized carbons (Fsp3) is 0.333. The standard InChI is InChI=1S/C24H27N5O2/c1-17(19-6-3-2-4-7-19)13-26-24(31)21-16-28-29-11-9-18(12-22(21)29)14-27-23(30)20-8-5-10-25-15-20/h2-8,10,15-18H,9,11-14H2,1H3,(H,26,31)(H,27,30)/t17-,18-/m0/s1. The molecule has 0 spiro atoms. The van der Waals surface area contributed by atoms with Crippen LogP contribution in [0.25, 0.3) is 0 Å². The van der Waals surface area contributed by atoms with Crippen molar-refractivity contribution in [2.75, 3.05) is 13.1 Å². The van der Waals surface area contributed by atoms with Crippen molar-refractivity contribution in [2.45, 2.75) is 32.2 Å². The maximum absolute atomic E-state index is 12.8. The first-order valence-electron chi connectivity index (χ1n) is 10.7. The number of carbonyl (C=O) groups excluding carboxylic acids is 2. The highest BCUT2D eigenvalue weighted by atomic mass is 16.2. The first-order valence-corrected chi connectivity index (χ1v) is 10.7. The third kappa shape index (κ3) is 4.99. The summed E-state index contributed by atoms with van der Waals surface area (Å²) >= 11 is 0. The van der Waals surface area contributed by atoms with Gasteiger partial charge in [-0.05, 0) is 42.4 Å². The zero-order valence-corrected chi connectivity index (χ0v) is 17.6. The molecule has 7 heteroatoms. The lowest BCUT2D eigenvalue weighted by molar-refractivity contribution is 0.0934. The Labute approximate surface area is 181 Å². The smallest absolute Gasteiger partial charge is 0.254 e. The molecular weight excluding hydrogens is 390 g/mol. The quantitative estimate of drug-likeness (QED) is 0.619. The molecule has 2 N–H and O–H groups in total. The molecule has 3 heterocycles. The van der Waals surface area contributed by atoms with E-state index in [4.69, 9.17) is 0 Å². The monoisotopic (exact) mass is 417 g/mol. The van der Waals surface area contributed by atoms with E-state index in [1.807, 2.05) is 22.9 Å². The lowest BCUT2D eigenvalue weighted by Gasteiger charge is -2.24. The Kier molecular flexibility index (Phi) is 6.40. The summed E-state index contributed by atoms with van der Waals surface area (Å²) in [7, 11) is 0. The molecule has 4 rings (SSSR count). The molecule has 0 radical (unpaired) electrons. The molecule has 1 aliphatic rings. The van der Waals surface area contributed by atoms with E-state index in [1.54, 1.807) is 30.7 Å². The average molecular weight is 418 g/mol. The molecule has 7 nitrogen and oxygen atoms in total. The Morgan fingerprint density at radius 1 is 1.10 bits per heavy atom. The molecule has 2 atom stereocenters. The van der Waals surface area contributed by atoms with E-state index >= 15 is 0 Å². The van der Waals surface area contributed by atoms with Gasteiger partial charge in [0, 0.05) is 32.0 Å². The van der Waals surface area contributed by atoms with E-state index in [9.17, 15) is 9.59 Å². The van der Waals surface area contributed by atoms with Crippen molar-refractivity contribution in [1.82, 2.24) is 25.4 Å². The van der Waals surface area contributed by atoms with Gasteiger partial charge in [0.25, 0.3) is 11.8 Å². The minimum absolute atomic E-state index is 0.0934. The fourth-order valence-corrected chi connectivity index (χ4v) is 3.94. The predicted molar refractivity (Wildman–Crippen MR) is 118 cm³/mol. The van der Waals surface area contributed by atoms with E-state index in [0.29, 0.717) is 30.6 Å². The summed E-state index contributed by atoms with van der Waals surface area (Å²) < 4.78 is 1.91. The number of pyridine rings is 1. The van der Waals surface area contributed by atoms with Crippen molar-refractivity contribution in [3.63, 3.8) is 0 Å². The van der Waals surface area contributed by atoms with E-state index in [1.165, 1.54) is 5.56 Å². The van der Waals surface area contributed by atoms with Crippen LogP contribution in [0.1, 0.15) is 51.2 Å². The van der Waals surface area contributed by atoms with Crippen LogP contribution in [-0.4, -0.2) is 39.7 Å². The van der Waals surface area contributed by atoms with Crippen LogP contribution in [0.3, 0.4) is 0 Å². The summed E-state index contributed by atoms with van der Waals surface area (Å²) in [6.07, 6.45) is 6.49. The molecule has 1 aromatic carbocycles. The van der Waals surface area contributed by atoms with Crippen molar-refractivity contribution >= 4 is 11.8 Å². The molecule has 3 aromatic rings. The maximum Gasteiger partial charge on any atom is 0.254 e. The largest absolute Gasteiger partial charge is 0.352 e. The lowest BCUT2D eigenvalue weighted by Crippen LogP contribution is -2.34. The average Bonchev–Trinajstić information content (AvgIpc) is 3.25. The van der Waals surface area contributed by atoms with Crippen LogP contribution in [0.5, 0.6) is 0 Å². The number of benzene rings is 1. The van der Waals surface area contributed by atoms with Crippen molar-refractivity contribution in [2.24, 2.45) is 5.92 Å². The zero-order chi connectivity index (χ0) is 21.6. The van der Waals surface area contributed by atoms with Gasteiger partial charge in [0.05, 0.1) is 23.0 Å². The van der Waals surface area contributed by atoms with Crippen LogP contribution in [0, 0.1) is 5.92 Å². The summed E-state index contributed by atoms with van der Waals surface area (Å²) in [4.78, 5) is 29.1. The Balaban J connectivity index is 1.34. The zero-order valence-electron chi connectivity index (χ0n) is 17.6. The highest BCUT2D eigenvalue weighted by molar-refractivity contribution is 5.95. The molecule has 160 valence electrons. The van der Waals surface area contributed by atoms with E-state index in [-0.39, 0.29) is 23.7 Å².